The lowest BCUT2D eigenvalue weighted by molar-refractivity contribution is -0.114. The van der Waals surface area contributed by atoms with Gasteiger partial charge in [0.2, 0.25) is 15.9 Å². The fraction of sp³-hybridized carbons (Fsp3) is 0.316. The predicted molar refractivity (Wildman–Crippen MR) is 111 cm³/mol. The normalized spacial score (nSPS) is 11.0. The molecule has 2 rings (SSSR count). The average Bonchev–Trinajstić information content (AvgIpc) is 2.66. The zero-order valence-electron chi connectivity index (χ0n) is 16.2. The Kier molecular flexibility index (Phi) is 7.15. The molecule has 9 heteroatoms. The van der Waals surface area contributed by atoms with Crippen LogP contribution in [0.5, 0.6) is 11.5 Å². The first-order chi connectivity index (χ1) is 13.2. The number of ether oxygens (including phenoxy) is 2. The number of benzene rings is 2. The number of nitrogens with zero attached hydrogens (tertiary/aromatic N) is 1. The molecule has 0 aliphatic carbocycles. The van der Waals surface area contributed by atoms with Crippen LogP contribution in [-0.2, 0) is 21.2 Å². The fourth-order valence-corrected chi connectivity index (χ4v) is 3.83. The molecule has 0 aliphatic heterocycles. The van der Waals surface area contributed by atoms with Crippen LogP contribution >= 0.6 is 11.6 Å². The van der Waals surface area contributed by atoms with Crippen molar-refractivity contribution in [3.8, 4) is 11.5 Å². The molecule has 0 fully saturated rings. The van der Waals surface area contributed by atoms with Gasteiger partial charge in [-0.15, -0.1) is 0 Å². The first-order valence-corrected chi connectivity index (χ1v) is 10.7. The van der Waals surface area contributed by atoms with E-state index < -0.39 is 15.9 Å². The third-order valence-corrected chi connectivity index (χ3v) is 5.50. The summed E-state index contributed by atoms with van der Waals surface area (Å²) in [4.78, 5) is 12.6. The second-order valence-electron chi connectivity index (χ2n) is 5.99. The fourth-order valence-electron chi connectivity index (χ4n) is 2.71. The number of methoxy groups -OCH3 is 2. The van der Waals surface area contributed by atoms with E-state index in [0.29, 0.717) is 34.3 Å². The molecule has 0 bridgehead atoms. The van der Waals surface area contributed by atoms with Crippen LogP contribution in [0.1, 0.15) is 12.5 Å². The second-order valence-corrected chi connectivity index (χ2v) is 8.30. The Bertz CT molecular complexity index is 963. The van der Waals surface area contributed by atoms with Crippen LogP contribution in [0.3, 0.4) is 0 Å². The highest BCUT2D eigenvalue weighted by Gasteiger charge is 2.23. The minimum atomic E-state index is -3.68. The number of carbonyl (C=O) groups is 1. The summed E-state index contributed by atoms with van der Waals surface area (Å²) >= 11 is 6.07. The zero-order chi connectivity index (χ0) is 20.9. The maximum atomic E-state index is 12.6. The van der Waals surface area contributed by atoms with E-state index in [1.165, 1.54) is 26.4 Å². The van der Waals surface area contributed by atoms with Crippen molar-refractivity contribution in [2.75, 3.05) is 36.6 Å². The van der Waals surface area contributed by atoms with Gasteiger partial charge in [0, 0.05) is 12.1 Å². The maximum Gasteiger partial charge on any atom is 0.245 e. The smallest absolute Gasteiger partial charge is 0.245 e. The van der Waals surface area contributed by atoms with Crippen molar-refractivity contribution in [2.24, 2.45) is 0 Å². The molecule has 0 spiro atoms. The lowest BCUT2D eigenvalue weighted by Crippen LogP contribution is -2.38. The monoisotopic (exact) mass is 426 g/mol. The second kappa shape index (κ2) is 9.16. The molecule has 7 nitrogen and oxygen atoms in total. The Morgan fingerprint density at radius 2 is 1.79 bits per heavy atom. The summed E-state index contributed by atoms with van der Waals surface area (Å²) in [6.07, 6.45) is 1.70. The minimum absolute atomic E-state index is 0.325. The molecule has 0 atom stereocenters. The molecule has 0 heterocycles. The Morgan fingerprint density at radius 1 is 1.14 bits per heavy atom. The van der Waals surface area contributed by atoms with Gasteiger partial charge in [0.1, 0.15) is 18.0 Å². The molecule has 0 aromatic heterocycles. The molecule has 152 valence electrons. The van der Waals surface area contributed by atoms with Crippen LogP contribution < -0.4 is 19.1 Å². The van der Waals surface area contributed by atoms with E-state index in [1.54, 1.807) is 12.1 Å². The van der Waals surface area contributed by atoms with Gasteiger partial charge in [-0.05, 0) is 18.1 Å². The quantitative estimate of drug-likeness (QED) is 0.699. The minimum Gasteiger partial charge on any atom is -0.495 e. The number of nitrogens with one attached hydrogen (secondary N) is 1. The van der Waals surface area contributed by atoms with Crippen molar-refractivity contribution in [3.05, 3.63) is 47.0 Å². The van der Waals surface area contributed by atoms with Crippen molar-refractivity contribution >= 4 is 38.9 Å². The largest absolute Gasteiger partial charge is 0.495 e. The maximum absolute atomic E-state index is 12.6. The summed E-state index contributed by atoms with van der Waals surface area (Å²) < 4.78 is 36.2. The van der Waals surface area contributed by atoms with E-state index in [-0.39, 0.29) is 6.54 Å². The lowest BCUT2D eigenvalue weighted by atomic mass is 10.1. The topological polar surface area (TPSA) is 84.9 Å². The molecular weight excluding hydrogens is 404 g/mol. The van der Waals surface area contributed by atoms with Crippen molar-refractivity contribution in [3.63, 3.8) is 0 Å². The van der Waals surface area contributed by atoms with Crippen LogP contribution in [0.4, 0.5) is 11.4 Å². The molecule has 0 saturated heterocycles. The van der Waals surface area contributed by atoms with Crippen LogP contribution in [0.25, 0.3) is 0 Å². The first-order valence-electron chi connectivity index (χ1n) is 8.48. The number of halogens is 1. The highest BCUT2D eigenvalue weighted by molar-refractivity contribution is 7.92. The Hall–Kier alpha value is -2.45. The van der Waals surface area contributed by atoms with Gasteiger partial charge in [-0.1, -0.05) is 36.7 Å². The number of amides is 1. The SMILES string of the molecule is CCc1ccccc1N(CC(=O)Nc1cc(OC)c(Cl)cc1OC)S(C)(=O)=O. The van der Waals surface area contributed by atoms with Crippen molar-refractivity contribution < 1.29 is 22.7 Å². The van der Waals surface area contributed by atoms with Gasteiger partial charge in [0.25, 0.3) is 0 Å². The van der Waals surface area contributed by atoms with Gasteiger partial charge in [-0.25, -0.2) is 8.42 Å². The lowest BCUT2D eigenvalue weighted by Gasteiger charge is -2.24. The standard InChI is InChI=1S/C19H23ClN2O5S/c1-5-13-8-6-7-9-16(13)22(28(4,24)25)12-19(23)21-15-11-17(26-2)14(20)10-18(15)27-3/h6-11H,5,12H2,1-4H3,(H,21,23). The number of rotatable bonds is 8. The van der Waals surface area contributed by atoms with Gasteiger partial charge < -0.3 is 14.8 Å². The number of para-hydroxylation sites is 1. The third-order valence-electron chi connectivity index (χ3n) is 4.08. The number of hydrogen-bond donors (Lipinski definition) is 1. The molecule has 0 aliphatic rings. The summed E-state index contributed by atoms with van der Waals surface area (Å²) in [7, 11) is -0.788. The number of sulfonamides is 1. The summed E-state index contributed by atoms with van der Waals surface area (Å²) in [6, 6.07) is 10.1. The molecule has 2 aromatic rings. The molecule has 28 heavy (non-hydrogen) atoms. The molecule has 1 amide bonds. The van der Waals surface area contributed by atoms with Gasteiger partial charge in [-0.2, -0.15) is 0 Å². The number of aryl methyl sites for hydroxylation is 1. The highest BCUT2D eigenvalue weighted by atomic mass is 35.5. The van der Waals surface area contributed by atoms with E-state index in [4.69, 9.17) is 21.1 Å². The molecule has 1 N–H and O–H groups in total. The van der Waals surface area contributed by atoms with Gasteiger partial charge in [-0.3, -0.25) is 9.10 Å². The number of anilines is 2. The molecule has 0 saturated carbocycles. The Morgan fingerprint density at radius 3 is 2.36 bits per heavy atom. The van der Waals surface area contributed by atoms with Crippen LogP contribution in [0.15, 0.2) is 36.4 Å². The first kappa shape index (κ1) is 21.8. The zero-order valence-corrected chi connectivity index (χ0v) is 17.7. The van der Waals surface area contributed by atoms with Crippen LogP contribution in [0, 0.1) is 0 Å². The third kappa shape index (κ3) is 5.08. The Labute approximate surface area is 170 Å². The van der Waals surface area contributed by atoms with E-state index >= 15 is 0 Å². The average molecular weight is 427 g/mol. The van der Waals surface area contributed by atoms with Crippen molar-refractivity contribution in [2.45, 2.75) is 13.3 Å². The number of carbonyl (C=O) groups excluding carboxylic acids is 1. The highest BCUT2D eigenvalue weighted by Crippen LogP contribution is 2.36. The van der Waals surface area contributed by atoms with E-state index in [1.807, 2.05) is 19.1 Å². The molecular formula is C19H23ClN2O5S. The van der Waals surface area contributed by atoms with Gasteiger partial charge in [0.15, 0.2) is 0 Å². The summed E-state index contributed by atoms with van der Waals surface area (Å²) in [5, 5.41) is 2.99. The van der Waals surface area contributed by atoms with E-state index in [9.17, 15) is 13.2 Å². The molecule has 0 radical (unpaired) electrons. The van der Waals surface area contributed by atoms with Gasteiger partial charge in [0.05, 0.1) is 36.9 Å². The predicted octanol–water partition coefficient (Wildman–Crippen LogP) is 3.32. The molecule has 0 unspecified atom stereocenters. The van der Waals surface area contributed by atoms with Crippen LogP contribution in [-0.4, -0.2) is 41.3 Å². The van der Waals surface area contributed by atoms with Crippen LogP contribution in [0.2, 0.25) is 5.02 Å². The molecule has 2 aromatic carbocycles. The summed E-state index contributed by atoms with van der Waals surface area (Å²) in [5.74, 6) is 0.159. The van der Waals surface area contributed by atoms with Crippen molar-refractivity contribution in [1.29, 1.82) is 0 Å². The summed E-state index contributed by atoms with van der Waals surface area (Å²) in [5.41, 5.74) is 1.63. The van der Waals surface area contributed by atoms with E-state index in [0.717, 1.165) is 16.1 Å². The Balaban J connectivity index is 2.33. The van der Waals surface area contributed by atoms with E-state index in [2.05, 4.69) is 5.32 Å². The number of hydrogen-bond acceptors (Lipinski definition) is 5. The van der Waals surface area contributed by atoms with Gasteiger partial charge >= 0.3 is 0 Å². The summed E-state index contributed by atoms with van der Waals surface area (Å²) in [6.45, 7) is 1.54. The van der Waals surface area contributed by atoms with Crippen molar-refractivity contribution in [1.82, 2.24) is 0 Å².